The maximum Gasteiger partial charge on any atom is 0.313 e. The van der Waals surface area contributed by atoms with Gasteiger partial charge in [0.15, 0.2) is 0 Å². The van der Waals surface area contributed by atoms with Crippen molar-refractivity contribution in [3.8, 4) is 0 Å². The summed E-state index contributed by atoms with van der Waals surface area (Å²) in [6.07, 6.45) is -0.140. The molecular weight excluding hydrogens is 216 g/mol. The van der Waals surface area contributed by atoms with Gasteiger partial charge in [-0.1, -0.05) is 6.92 Å². The predicted molar refractivity (Wildman–Crippen MR) is 54.9 cm³/mol. The van der Waals surface area contributed by atoms with Crippen molar-refractivity contribution in [1.82, 2.24) is 0 Å². The van der Waals surface area contributed by atoms with Gasteiger partial charge in [-0.15, -0.1) is 0 Å². The van der Waals surface area contributed by atoms with Crippen LogP contribution >= 0.6 is 0 Å². The molecule has 0 saturated carbocycles. The highest BCUT2D eigenvalue weighted by Crippen LogP contribution is 1.86. The molecular formula is C10H16O6. The van der Waals surface area contributed by atoms with Crippen LogP contribution in [0.1, 0.15) is 33.1 Å². The van der Waals surface area contributed by atoms with Gasteiger partial charge in [0.2, 0.25) is 0 Å². The van der Waals surface area contributed by atoms with E-state index >= 15 is 0 Å². The van der Waals surface area contributed by atoms with Gasteiger partial charge in [-0.05, 0) is 6.92 Å². The third kappa shape index (κ3) is 14.8. The number of aliphatic carboxylic acids is 1. The Morgan fingerprint density at radius 3 is 1.75 bits per heavy atom. The quantitative estimate of drug-likeness (QED) is 0.550. The first-order valence-electron chi connectivity index (χ1n) is 4.63. The van der Waals surface area contributed by atoms with E-state index in [-0.39, 0.29) is 24.4 Å². The number of ketones is 2. The second-order valence-corrected chi connectivity index (χ2v) is 2.92. The number of carboxylic acids is 1. The summed E-state index contributed by atoms with van der Waals surface area (Å²) < 4.78 is 4.20. The molecule has 92 valence electrons. The highest BCUT2D eigenvalue weighted by Gasteiger charge is 2.02. The van der Waals surface area contributed by atoms with Gasteiger partial charge in [-0.25, -0.2) is 0 Å². The van der Waals surface area contributed by atoms with Crippen LogP contribution in [-0.4, -0.2) is 35.7 Å². The lowest BCUT2D eigenvalue weighted by Gasteiger charge is -1.90. The van der Waals surface area contributed by atoms with Crippen molar-refractivity contribution in [1.29, 1.82) is 0 Å². The SMILES string of the molecule is CCC(=O)CC(=O)O.COC(=O)CC(C)=O. The summed E-state index contributed by atoms with van der Waals surface area (Å²) in [7, 11) is 1.26. The summed E-state index contributed by atoms with van der Waals surface area (Å²) in [4.78, 5) is 40.3. The third-order valence-electron chi connectivity index (χ3n) is 1.36. The number of carbonyl (C=O) groups excluding carboxylic acids is 3. The molecule has 1 N–H and O–H groups in total. The lowest BCUT2D eigenvalue weighted by Crippen LogP contribution is -2.05. The number of ether oxygens (including phenoxy) is 1. The first-order valence-corrected chi connectivity index (χ1v) is 4.63. The number of rotatable bonds is 5. The van der Waals surface area contributed by atoms with Crippen molar-refractivity contribution in [2.45, 2.75) is 33.1 Å². The summed E-state index contributed by atoms with van der Waals surface area (Å²) in [5.41, 5.74) is 0. The molecule has 0 aliphatic rings. The second-order valence-electron chi connectivity index (χ2n) is 2.92. The predicted octanol–water partition coefficient (Wildman–Crippen LogP) is 0.579. The van der Waals surface area contributed by atoms with E-state index in [4.69, 9.17) is 5.11 Å². The van der Waals surface area contributed by atoms with Crippen molar-refractivity contribution in [3.63, 3.8) is 0 Å². The van der Waals surface area contributed by atoms with Gasteiger partial charge in [-0.3, -0.25) is 19.2 Å². The molecule has 0 spiro atoms. The van der Waals surface area contributed by atoms with Gasteiger partial charge in [0.05, 0.1) is 7.11 Å². The van der Waals surface area contributed by atoms with E-state index < -0.39 is 11.9 Å². The molecule has 6 heteroatoms. The Balaban J connectivity index is 0. The number of hydrogen-bond acceptors (Lipinski definition) is 5. The number of hydrogen-bond donors (Lipinski definition) is 1. The summed E-state index contributed by atoms with van der Waals surface area (Å²) in [6, 6.07) is 0. The minimum Gasteiger partial charge on any atom is -0.481 e. The molecule has 0 rings (SSSR count). The fourth-order valence-corrected chi connectivity index (χ4v) is 0.569. The second kappa shape index (κ2) is 9.82. The number of carboxylic acid groups (broad SMARTS) is 1. The van der Waals surface area contributed by atoms with Crippen LogP contribution in [-0.2, 0) is 23.9 Å². The van der Waals surface area contributed by atoms with E-state index in [0.29, 0.717) is 6.42 Å². The minimum atomic E-state index is -1.04. The zero-order valence-electron chi connectivity index (χ0n) is 9.61. The Kier molecular flexibility index (Phi) is 10.3. The van der Waals surface area contributed by atoms with Crippen LogP contribution < -0.4 is 0 Å². The molecule has 0 aliphatic carbocycles. The van der Waals surface area contributed by atoms with Crippen LogP contribution in [0.5, 0.6) is 0 Å². The molecule has 0 fully saturated rings. The summed E-state index contributed by atoms with van der Waals surface area (Å²) >= 11 is 0. The molecule has 0 atom stereocenters. The fraction of sp³-hybridized carbons (Fsp3) is 0.600. The first kappa shape index (κ1) is 16.7. The molecule has 0 amide bonds. The van der Waals surface area contributed by atoms with Gasteiger partial charge in [-0.2, -0.15) is 0 Å². The van der Waals surface area contributed by atoms with E-state index in [9.17, 15) is 19.2 Å². The highest BCUT2D eigenvalue weighted by atomic mass is 16.5. The van der Waals surface area contributed by atoms with E-state index in [0.717, 1.165) is 0 Å². The Morgan fingerprint density at radius 2 is 1.62 bits per heavy atom. The number of esters is 1. The Bertz CT molecular complexity index is 240. The molecule has 0 bridgehead atoms. The van der Waals surface area contributed by atoms with Crippen LogP contribution in [0.4, 0.5) is 0 Å². The molecule has 0 unspecified atom stereocenters. The average molecular weight is 232 g/mol. The maximum absolute atomic E-state index is 10.2. The highest BCUT2D eigenvalue weighted by molar-refractivity contribution is 5.94. The average Bonchev–Trinajstić information content (AvgIpc) is 2.16. The van der Waals surface area contributed by atoms with E-state index in [1.807, 2.05) is 0 Å². The molecule has 0 radical (unpaired) electrons. The smallest absolute Gasteiger partial charge is 0.313 e. The van der Waals surface area contributed by atoms with Gasteiger partial charge in [0.1, 0.15) is 24.4 Å². The molecule has 0 aliphatic heterocycles. The van der Waals surface area contributed by atoms with E-state index in [1.165, 1.54) is 14.0 Å². The zero-order valence-corrected chi connectivity index (χ0v) is 9.61. The van der Waals surface area contributed by atoms with Crippen LogP contribution in [0.3, 0.4) is 0 Å². The van der Waals surface area contributed by atoms with Crippen LogP contribution in [0.15, 0.2) is 0 Å². The monoisotopic (exact) mass is 232 g/mol. The summed E-state index contributed by atoms with van der Waals surface area (Å²) in [5.74, 6) is -1.91. The third-order valence-corrected chi connectivity index (χ3v) is 1.36. The Labute approximate surface area is 93.6 Å². The minimum absolute atomic E-state index is 0.115. The molecule has 0 aromatic rings. The Hall–Kier alpha value is -1.72. The van der Waals surface area contributed by atoms with Crippen molar-refractivity contribution < 1.29 is 29.0 Å². The van der Waals surface area contributed by atoms with Gasteiger partial charge in [0, 0.05) is 6.42 Å². The number of carbonyl (C=O) groups is 4. The zero-order chi connectivity index (χ0) is 13.1. The van der Waals surface area contributed by atoms with E-state index in [1.54, 1.807) is 6.92 Å². The van der Waals surface area contributed by atoms with Crippen molar-refractivity contribution in [3.05, 3.63) is 0 Å². The van der Waals surface area contributed by atoms with Crippen molar-refractivity contribution in [2.75, 3.05) is 7.11 Å². The molecule has 0 aromatic heterocycles. The topological polar surface area (TPSA) is 97.7 Å². The first-order chi connectivity index (χ1) is 7.33. The fourth-order valence-electron chi connectivity index (χ4n) is 0.569. The summed E-state index contributed by atoms with van der Waals surface area (Å²) in [6.45, 7) is 2.99. The van der Waals surface area contributed by atoms with E-state index in [2.05, 4.69) is 4.74 Å². The van der Waals surface area contributed by atoms with Crippen LogP contribution in [0.2, 0.25) is 0 Å². The molecule has 0 heterocycles. The maximum atomic E-state index is 10.2. The standard InChI is InChI=1S/2C5H8O3/c1-4(6)3-5(7)8-2;1-2-4(6)3-5(7)8/h3H2,1-2H3;2-3H2,1H3,(H,7,8). The molecule has 0 aromatic carbocycles. The Morgan fingerprint density at radius 1 is 1.12 bits per heavy atom. The largest absolute Gasteiger partial charge is 0.481 e. The van der Waals surface area contributed by atoms with Crippen LogP contribution in [0, 0.1) is 0 Å². The van der Waals surface area contributed by atoms with Crippen molar-refractivity contribution >= 4 is 23.5 Å². The van der Waals surface area contributed by atoms with Gasteiger partial charge < -0.3 is 9.84 Å². The van der Waals surface area contributed by atoms with Gasteiger partial charge >= 0.3 is 11.9 Å². The number of methoxy groups -OCH3 is 1. The summed E-state index contributed by atoms with van der Waals surface area (Å²) in [5, 5.41) is 7.99. The number of Topliss-reactive ketones (excluding diaryl/α,β-unsaturated/α-hetero) is 2. The molecule has 6 nitrogen and oxygen atoms in total. The lowest BCUT2D eigenvalue weighted by molar-refractivity contribution is -0.143. The lowest BCUT2D eigenvalue weighted by atomic mass is 10.2. The molecule has 16 heavy (non-hydrogen) atoms. The van der Waals surface area contributed by atoms with Crippen LogP contribution in [0.25, 0.3) is 0 Å². The van der Waals surface area contributed by atoms with Gasteiger partial charge in [0.25, 0.3) is 0 Å². The normalized spacial score (nSPS) is 8.44. The van der Waals surface area contributed by atoms with Crippen molar-refractivity contribution in [2.24, 2.45) is 0 Å². The molecule has 0 saturated heterocycles.